The molecule has 0 aliphatic carbocycles. The van der Waals surface area contributed by atoms with Crippen molar-refractivity contribution in [3.63, 3.8) is 0 Å². The van der Waals surface area contributed by atoms with Gasteiger partial charge in [0.15, 0.2) is 0 Å². The number of anilines is 1. The summed E-state index contributed by atoms with van der Waals surface area (Å²) in [6, 6.07) is 5.38. The van der Waals surface area contributed by atoms with Gasteiger partial charge in [-0.1, -0.05) is 24.4 Å². The zero-order chi connectivity index (χ0) is 14.5. The van der Waals surface area contributed by atoms with E-state index in [1.165, 1.54) is 24.6 Å². The summed E-state index contributed by atoms with van der Waals surface area (Å²) in [7, 11) is 0. The second kappa shape index (κ2) is 7.23. The van der Waals surface area contributed by atoms with E-state index >= 15 is 0 Å². The van der Waals surface area contributed by atoms with Gasteiger partial charge in [0.2, 0.25) is 5.91 Å². The number of benzene rings is 1. The Balaban J connectivity index is 2.01. The monoisotopic (exact) mass is 312 g/mol. The summed E-state index contributed by atoms with van der Waals surface area (Å²) in [6.45, 7) is 3.71. The molecular formula is C15H21ClN2OS. The molecule has 1 amide bonds. The van der Waals surface area contributed by atoms with Crippen LogP contribution in [0, 0.1) is 0 Å². The molecular weight excluding hydrogens is 292 g/mol. The first-order valence-electron chi connectivity index (χ1n) is 7.08. The normalized spacial score (nSPS) is 17.6. The number of carbonyl (C=O) groups is 1. The topological polar surface area (TPSA) is 46.3 Å². The van der Waals surface area contributed by atoms with Crippen LogP contribution in [-0.4, -0.2) is 29.1 Å². The molecule has 0 bridgehead atoms. The van der Waals surface area contributed by atoms with E-state index < -0.39 is 0 Å². The first-order valence-corrected chi connectivity index (χ1v) is 8.34. The van der Waals surface area contributed by atoms with Crippen LogP contribution in [0.5, 0.6) is 0 Å². The Bertz CT molecular complexity index is 473. The van der Waals surface area contributed by atoms with Gasteiger partial charge in [-0.3, -0.25) is 4.79 Å². The number of likely N-dealkylation sites (tertiary alicyclic amines) is 1. The van der Waals surface area contributed by atoms with Crippen LogP contribution in [0.1, 0.15) is 32.6 Å². The van der Waals surface area contributed by atoms with Crippen molar-refractivity contribution in [2.75, 3.05) is 18.8 Å². The number of rotatable bonds is 3. The lowest BCUT2D eigenvalue weighted by atomic mass is 10.2. The fourth-order valence-electron chi connectivity index (χ4n) is 2.40. The highest BCUT2D eigenvalue weighted by atomic mass is 35.5. The average molecular weight is 313 g/mol. The molecule has 1 heterocycles. The molecule has 1 aliphatic heterocycles. The number of nitrogen functional groups attached to an aromatic ring is 1. The molecule has 1 aromatic rings. The van der Waals surface area contributed by atoms with Crippen molar-refractivity contribution in [3.05, 3.63) is 23.2 Å². The predicted molar refractivity (Wildman–Crippen MR) is 86.2 cm³/mol. The van der Waals surface area contributed by atoms with E-state index in [-0.39, 0.29) is 11.2 Å². The summed E-state index contributed by atoms with van der Waals surface area (Å²) in [5.41, 5.74) is 6.61. The van der Waals surface area contributed by atoms with Gasteiger partial charge in [0.1, 0.15) is 0 Å². The number of nitrogens with two attached hydrogens (primary N) is 1. The average Bonchev–Trinajstić information content (AvgIpc) is 2.71. The van der Waals surface area contributed by atoms with E-state index in [1.54, 1.807) is 12.1 Å². The third-order valence-electron chi connectivity index (χ3n) is 3.54. The first-order chi connectivity index (χ1) is 9.58. The van der Waals surface area contributed by atoms with Crippen molar-refractivity contribution >= 4 is 35.0 Å². The van der Waals surface area contributed by atoms with E-state index in [0.717, 1.165) is 30.8 Å². The molecule has 1 atom stereocenters. The van der Waals surface area contributed by atoms with Crippen LogP contribution in [-0.2, 0) is 4.79 Å². The SMILES string of the molecule is CC(Sc1cc(Cl)ccc1N)C(=O)N1CCCCCC1. The third kappa shape index (κ3) is 4.06. The van der Waals surface area contributed by atoms with E-state index in [0.29, 0.717) is 10.7 Å². The van der Waals surface area contributed by atoms with Crippen molar-refractivity contribution in [2.45, 2.75) is 42.8 Å². The van der Waals surface area contributed by atoms with Gasteiger partial charge < -0.3 is 10.6 Å². The van der Waals surface area contributed by atoms with Gasteiger partial charge in [-0.05, 0) is 38.0 Å². The molecule has 20 heavy (non-hydrogen) atoms. The van der Waals surface area contributed by atoms with Crippen LogP contribution in [0.3, 0.4) is 0 Å². The molecule has 1 fully saturated rings. The second-order valence-electron chi connectivity index (χ2n) is 5.18. The molecule has 3 nitrogen and oxygen atoms in total. The minimum absolute atomic E-state index is 0.131. The van der Waals surface area contributed by atoms with Crippen LogP contribution in [0.4, 0.5) is 5.69 Å². The van der Waals surface area contributed by atoms with Gasteiger partial charge >= 0.3 is 0 Å². The lowest BCUT2D eigenvalue weighted by Gasteiger charge is -2.24. The Kier molecular flexibility index (Phi) is 5.61. The van der Waals surface area contributed by atoms with E-state index in [1.807, 2.05) is 17.9 Å². The van der Waals surface area contributed by atoms with Crippen molar-refractivity contribution in [3.8, 4) is 0 Å². The Morgan fingerprint density at radius 3 is 2.60 bits per heavy atom. The maximum Gasteiger partial charge on any atom is 0.235 e. The Morgan fingerprint density at radius 2 is 1.95 bits per heavy atom. The molecule has 0 aromatic heterocycles. The number of amides is 1. The van der Waals surface area contributed by atoms with Gasteiger partial charge in [0.25, 0.3) is 0 Å². The summed E-state index contributed by atoms with van der Waals surface area (Å²) >= 11 is 7.48. The molecule has 0 radical (unpaired) electrons. The minimum atomic E-state index is -0.131. The standard InChI is InChI=1S/C15H21ClN2OS/c1-11(15(19)18-8-4-2-3-5-9-18)20-14-10-12(16)6-7-13(14)17/h6-7,10-11H,2-5,8-9,17H2,1H3. The maximum atomic E-state index is 12.5. The lowest BCUT2D eigenvalue weighted by Crippen LogP contribution is -2.37. The number of carbonyl (C=O) groups excluding carboxylic acids is 1. The molecule has 0 saturated carbocycles. The fourth-order valence-corrected chi connectivity index (χ4v) is 3.67. The van der Waals surface area contributed by atoms with Crippen LogP contribution >= 0.6 is 23.4 Å². The summed E-state index contributed by atoms with van der Waals surface area (Å²) in [4.78, 5) is 15.4. The highest BCUT2D eigenvalue weighted by Crippen LogP contribution is 2.32. The van der Waals surface area contributed by atoms with Crippen molar-refractivity contribution < 1.29 is 4.79 Å². The van der Waals surface area contributed by atoms with E-state index in [9.17, 15) is 4.79 Å². The summed E-state index contributed by atoms with van der Waals surface area (Å²) in [5, 5.41) is 0.519. The van der Waals surface area contributed by atoms with Crippen LogP contribution < -0.4 is 5.73 Å². The molecule has 2 N–H and O–H groups in total. The molecule has 110 valence electrons. The third-order valence-corrected chi connectivity index (χ3v) is 4.94. The van der Waals surface area contributed by atoms with Gasteiger partial charge in [-0.25, -0.2) is 0 Å². The smallest absolute Gasteiger partial charge is 0.235 e. The highest BCUT2D eigenvalue weighted by molar-refractivity contribution is 8.00. The maximum absolute atomic E-state index is 12.5. The molecule has 1 unspecified atom stereocenters. The lowest BCUT2D eigenvalue weighted by molar-refractivity contribution is -0.130. The Labute approximate surface area is 129 Å². The number of hydrogen-bond donors (Lipinski definition) is 1. The predicted octanol–water partition coefficient (Wildman–Crippen LogP) is 3.81. The van der Waals surface area contributed by atoms with Crippen LogP contribution in [0.15, 0.2) is 23.1 Å². The van der Waals surface area contributed by atoms with Crippen molar-refractivity contribution in [1.82, 2.24) is 4.90 Å². The zero-order valence-electron chi connectivity index (χ0n) is 11.8. The molecule has 1 aromatic carbocycles. The summed E-state index contributed by atoms with van der Waals surface area (Å²) in [5.74, 6) is 0.205. The first kappa shape index (κ1) is 15.5. The van der Waals surface area contributed by atoms with Gasteiger partial charge in [-0.2, -0.15) is 0 Å². The summed E-state index contributed by atoms with van der Waals surface area (Å²) < 4.78 is 0. The van der Waals surface area contributed by atoms with Crippen molar-refractivity contribution in [1.29, 1.82) is 0 Å². The largest absolute Gasteiger partial charge is 0.398 e. The van der Waals surface area contributed by atoms with Crippen LogP contribution in [0.2, 0.25) is 5.02 Å². The number of thioether (sulfide) groups is 1. The van der Waals surface area contributed by atoms with Gasteiger partial charge in [-0.15, -0.1) is 11.8 Å². The number of halogens is 1. The molecule has 1 saturated heterocycles. The van der Waals surface area contributed by atoms with Gasteiger partial charge in [0, 0.05) is 28.7 Å². The summed E-state index contributed by atoms with van der Waals surface area (Å²) in [6.07, 6.45) is 4.68. The van der Waals surface area contributed by atoms with E-state index in [4.69, 9.17) is 17.3 Å². The second-order valence-corrected chi connectivity index (χ2v) is 7.00. The fraction of sp³-hybridized carbons (Fsp3) is 0.533. The Hall–Kier alpha value is -0.870. The number of hydrogen-bond acceptors (Lipinski definition) is 3. The zero-order valence-corrected chi connectivity index (χ0v) is 13.3. The molecule has 5 heteroatoms. The Morgan fingerprint density at radius 1 is 1.30 bits per heavy atom. The van der Waals surface area contributed by atoms with Crippen molar-refractivity contribution in [2.24, 2.45) is 0 Å². The molecule has 0 spiro atoms. The minimum Gasteiger partial charge on any atom is -0.398 e. The number of nitrogens with zero attached hydrogens (tertiary/aromatic N) is 1. The molecule has 1 aliphatic rings. The van der Waals surface area contributed by atoms with E-state index in [2.05, 4.69) is 0 Å². The quantitative estimate of drug-likeness (QED) is 0.682. The van der Waals surface area contributed by atoms with Gasteiger partial charge in [0.05, 0.1) is 5.25 Å². The van der Waals surface area contributed by atoms with Crippen LogP contribution in [0.25, 0.3) is 0 Å². The molecule has 2 rings (SSSR count). The highest BCUT2D eigenvalue weighted by Gasteiger charge is 2.22.